The first-order valence-electron chi connectivity index (χ1n) is 10.9. The number of aromatic hydroxyl groups is 1. The molecular formula is C22H32N4O6S2. The molecule has 3 amide bonds. The molecule has 0 aliphatic carbocycles. The molecule has 1 aliphatic heterocycles. The zero-order valence-electron chi connectivity index (χ0n) is 19.0. The Morgan fingerprint density at radius 1 is 1.21 bits per heavy atom. The maximum atomic E-state index is 13.1. The van der Waals surface area contributed by atoms with Gasteiger partial charge in [-0.2, -0.15) is 24.4 Å². The maximum absolute atomic E-state index is 13.1. The summed E-state index contributed by atoms with van der Waals surface area (Å²) in [6, 6.07) is 2.35. The molecule has 1 fully saturated rings. The predicted molar refractivity (Wildman–Crippen MR) is 133 cm³/mol. The second-order valence-electron chi connectivity index (χ2n) is 8.09. The van der Waals surface area contributed by atoms with Crippen molar-refractivity contribution in [2.24, 2.45) is 5.73 Å². The third-order valence-corrected chi connectivity index (χ3v) is 6.62. The molecule has 1 aliphatic rings. The Kier molecular flexibility index (Phi) is 11.0. The molecule has 4 unspecified atom stereocenters. The second-order valence-corrected chi connectivity index (χ2v) is 9.44. The number of benzene rings is 1. The van der Waals surface area contributed by atoms with Crippen molar-refractivity contribution >= 4 is 48.1 Å². The van der Waals surface area contributed by atoms with Gasteiger partial charge in [0, 0.05) is 18.7 Å². The molecule has 6 N–H and O–H groups in total. The first kappa shape index (κ1) is 27.8. The SMILES string of the molecule is CSCCC(NC(=O)C(Cc1ccc(O)cc1)NC(=O)C1CCCN1C(=O)C(N)CS)C(=O)O. The van der Waals surface area contributed by atoms with Gasteiger partial charge in [-0.15, -0.1) is 0 Å². The summed E-state index contributed by atoms with van der Waals surface area (Å²) in [6.07, 6.45) is 3.19. The van der Waals surface area contributed by atoms with Gasteiger partial charge in [0.1, 0.15) is 23.9 Å². The predicted octanol–water partition coefficient (Wildman–Crippen LogP) is -0.00990. The zero-order chi connectivity index (χ0) is 25.3. The number of carboxylic acid groups (broad SMARTS) is 1. The van der Waals surface area contributed by atoms with E-state index in [9.17, 15) is 29.4 Å². The Bertz CT molecular complexity index is 869. The summed E-state index contributed by atoms with van der Waals surface area (Å²) in [5.41, 5.74) is 6.46. The number of carboxylic acids is 1. The normalized spacial score (nSPS) is 18.1. The van der Waals surface area contributed by atoms with Gasteiger partial charge in [-0.3, -0.25) is 14.4 Å². The quantitative estimate of drug-likeness (QED) is 0.213. The minimum atomic E-state index is -1.16. The number of hydrogen-bond donors (Lipinski definition) is 6. The lowest BCUT2D eigenvalue weighted by Crippen LogP contribution is -2.57. The van der Waals surface area contributed by atoms with Crippen molar-refractivity contribution in [1.82, 2.24) is 15.5 Å². The van der Waals surface area contributed by atoms with E-state index in [-0.39, 0.29) is 30.3 Å². The molecule has 0 aromatic heterocycles. The van der Waals surface area contributed by atoms with Crippen LogP contribution in [0.15, 0.2) is 24.3 Å². The molecule has 10 nitrogen and oxygen atoms in total. The van der Waals surface area contributed by atoms with Gasteiger partial charge in [-0.25, -0.2) is 4.79 Å². The molecule has 4 atom stereocenters. The Morgan fingerprint density at radius 3 is 2.47 bits per heavy atom. The average Bonchev–Trinajstić information content (AvgIpc) is 3.31. The molecule has 12 heteroatoms. The smallest absolute Gasteiger partial charge is 0.326 e. The van der Waals surface area contributed by atoms with Gasteiger partial charge >= 0.3 is 5.97 Å². The standard InChI is InChI=1S/C22H32N4O6S2/c1-34-10-8-16(22(31)32)24-19(28)17(11-13-4-6-14(27)7-5-13)25-20(29)18-3-2-9-26(18)21(30)15(23)12-33/h4-7,15-18,27,33H,2-3,8-12,23H2,1H3,(H,24,28)(H,25,29)(H,31,32). The van der Waals surface area contributed by atoms with Crippen LogP contribution in [-0.4, -0.2) is 87.3 Å². The number of phenols is 1. The molecule has 0 radical (unpaired) electrons. The molecule has 1 aromatic carbocycles. The first-order valence-corrected chi connectivity index (χ1v) is 13.0. The molecule has 188 valence electrons. The number of hydrogen-bond acceptors (Lipinski definition) is 8. The van der Waals surface area contributed by atoms with Crippen LogP contribution in [0.1, 0.15) is 24.8 Å². The number of nitrogens with one attached hydrogen (secondary N) is 2. The topological polar surface area (TPSA) is 162 Å². The van der Waals surface area contributed by atoms with Gasteiger partial charge in [0.25, 0.3) is 0 Å². The van der Waals surface area contributed by atoms with Crippen molar-refractivity contribution in [2.45, 2.75) is 49.9 Å². The summed E-state index contributed by atoms with van der Waals surface area (Å²) >= 11 is 5.51. The number of likely N-dealkylation sites (tertiary alicyclic amines) is 1. The minimum Gasteiger partial charge on any atom is -0.508 e. The molecule has 1 saturated heterocycles. The molecule has 0 bridgehead atoms. The van der Waals surface area contributed by atoms with E-state index >= 15 is 0 Å². The van der Waals surface area contributed by atoms with Gasteiger partial charge in [0.2, 0.25) is 17.7 Å². The fourth-order valence-corrected chi connectivity index (χ4v) is 4.33. The van der Waals surface area contributed by atoms with E-state index in [2.05, 4.69) is 23.3 Å². The van der Waals surface area contributed by atoms with Crippen LogP contribution >= 0.6 is 24.4 Å². The van der Waals surface area contributed by atoms with Crippen molar-refractivity contribution in [3.63, 3.8) is 0 Å². The average molecular weight is 513 g/mol. The largest absolute Gasteiger partial charge is 0.508 e. The van der Waals surface area contributed by atoms with Crippen molar-refractivity contribution < 1.29 is 29.4 Å². The second kappa shape index (κ2) is 13.4. The van der Waals surface area contributed by atoms with E-state index in [0.717, 1.165) is 0 Å². The van der Waals surface area contributed by atoms with Crippen LogP contribution < -0.4 is 16.4 Å². The maximum Gasteiger partial charge on any atom is 0.326 e. The molecule has 1 aromatic rings. The molecule has 2 rings (SSSR count). The molecule has 34 heavy (non-hydrogen) atoms. The lowest BCUT2D eigenvalue weighted by atomic mass is 10.0. The third kappa shape index (κ3) is 7.81. The number of carbonyl (C=O) groups excluding carboxylic acids is 3. The van der Waals surface area contributed by atoms with E-state index in [1.165, 1.54) is 28.8 Å². The zero-order valence-corrected chi connectivity index (χ0v) is 20.7. The summed E-state index contributed by atoms with van der Waals surface area (Å²) in [4.78, 5) is 51.7. The number of thiol groups is 1. The molecular weight excluding hydrogens is 480 g/mol. The Balaban J connectivity index is 2.20. The van der Waals surface area contributed by atoms with E-state index in [1.54, 1.807) is 12.1 Å². The van der Waals surface area contributed by atoms with Crippen molar-refractivity contribution in [3.05, 3.63) is 29.8 Å². The number of aliphatic carboxylic acids is 1. The van der Waals surface area contributed by atoms with Crippen LogP contribution in [0.4, 0.5) is 0 Å². The fraction of sp³-hybridized carbons (Fsp3) is 0.545. The Labute approximate surface area is 208 Å². The number of rotatable bonds is 12. The molecule has 0 spiro atoms. The van der Waals surface area contributed by atoms with Crippen LogP contribution in [0.5, 0.6) is 5.75 Å². The van der Waals surface area contributed by atoms with Crippen LogP contribution in [-0.2, 0) is 25.6 Å². The number of carbonyl (C=O) groups is 4. The monoisotopic (exact) mass is 512 g/mol. The third-order valence-electron chi connectivity index (χ3n) is 5.59. The van der Waals surface area contributed by atoms with E-state index < -0.39 is 42.0 Å². The minimum absolute atomic E-state index is 0.0532. The first-order chi connectivity index (χ1) is 16.2. The summed E-state index contributed by atoms with van der Waals surface area (Å²) < 4.78 is 0. The summed E-state index contributed by atoms with van der Waals surface area (Å²) in [5.74, 6) is -1.96. The van der Waals surface area contributed by atoms with E-state index in [1.807, 2.05) is 6.26 Å². The Hall–Kier alpha value is -2.44. The summed E-state index contributed by atoms with van der Waals surface area (Å²) in [6.45, 7) is 0.378. The van der Waals surface area contributed by atoms with Crippen LogP contribution in [0.2, 0.25) is 0 Å². The highest BCUT2D eigenvalue weighted by Gasteiger charge is 2.37. The van der Waals surface area contributed by atoms with Gasteiger partial charge in [0.05, 0.1) is 6.04 Å². The van der Waals surface area contributed by atoms with Gasteiger partial charge in [0.15, 0.2) is 0 Å². The van der Waals surface area contributed by atoms with Gasteiger partial charge in [-0.05, 0) is 49.0 Å². The summed E-state index contributed by atoms with van der Waals surface area (Å²) in [5, 5.41) is 24.2. The molecule has 0 saturated carbocycles. The van der Waals surface area contributed by atoms with Crippen LogP contribution in [0, 0.1) is 0 Å². The highest BCUT2D eigenvalue weighted by atomic mass is 32.2. The summed E-state index contributed by atoms with van der Waals surface area (Å²) in [7, 11) is 0. The van der Waals surface area contributed by atoms with Crippen LogP contribution in [0.25, 0.3) is 0 Å². The number of nitrogens with two attached hydrogens (primary N) is 1. The number of thioether (sulfide) groups is 1. The van der Waals surface area contributed by atoms with Crippen molar-refractivity contribution in [1.29, 1.82) is 0 Å². The highest BCUT2D eigenvalue weighted by Crippen LogP contribution is 2.19. The number of nitrogens with zero attached hydrogens (tertiary/aromatic N) is 1. The Morgan fingerprint density at radius 2 is 1.88 bits per heavy atom. The lowest BCUT2D eigenvalue weighted by Gasteiger charge is -2.28. The molecule has 1 heterocycles. The van der Waals surface area contributed by atoms with Crippen molar-refractivity contribution in [3.8, 4) is 5.75 Å². The van der Waals surface area contributed by atoms with Gasteiger partial charge < -0.3 is 31.5 Å². The highest BCUT2D eigenvalue weighted by molar-refractivity contribution is 7.98. The number of phenolic OH excluding ortho intramolecular Hbond substituents is 1. The fourth-order valence-electron chi connectivity index (χ4n) is 3.70. The number of amides is 3. The van der Waals surface area contributed by atoms with Gasteiger partial charge in [-0.1, -0.05) is 12.1 Å². The van der Waals surface area contributed by atoms with E-state index in [0.29, 0.717) is 30.7 Å². The van der Waals surface area contributed by atoms with Crippen molar-refractivity contribution in [2.75, 3.05) is 24.3 Å². The lowest BCUT2D eigenvalue weighted by molar-refractivity contribution is -0.143. The van der Waals surface area contributed by atoms with E-state index in [4.69, 9.17) is 5.73 Å². The van der Waals surface area contributed by atoms with Crippen LogP contribution in [0.3, 0.4) is 0 Å².